The quantitative estimate of drug-likeness (QED) is 0.764. The molecule has 3 aliphatic rings. The van der Waals surface area contributed by atoms with E-state index in [2.05, 4.69) is 5.32 Å². The number of carbonyl (C=O) groups is 2. The Hall–Kier alpha value is -1.10. The van der Waals surface area contributed by atoms with Gasteiger partial charge in [-0.1, -0.05) is 12.8 Å². The number of nitrogens with zero attached hydrogens (tertiary/aromatic N) is 1. The lowest BCUT2D eigenvalue weighted by molar-refractivity contribution is -0.164. The fourth-order valence-corrected chi connectivity index (χ4v) is 3.68. The van der Waals surface area contributed by atoms with Crippen LogP contribution in [0.3, 0.4) is 0 Å². The molecule has 1 N–H and O–H groups in total. The van der Waals surface area contributed by atoms with E-state index in [1.807, 2.05) is 18.7 Å². The largest absolute Gasteiger partial charge is 0.379 e. The number of rotatable bonds is 1. The molecule has 19 heavy (non-hydrogen) atoms. The van der Waals surface area contributed by atoms with Crippen LogP contribution in [0.25, 0.3) is 0 Å². The number of carbonyl (C=O) groups excluding carboxylic acids is 2. The first-order valence-electron chi connectivity index (χ1n) is 7.21. The van der Waals surface area contributed by atoms with Gasteiger partial charge < -0.3 is 15.0 Å². The molecule has 2 aliphatic heterocycles. The lowest BCUT2D eigenvalue weighted by Gasteiger charge is -2.51. The summed E-state index contributed by atoms with van der Waals surface area (Å²) in [6.45, 7) is 4.90. The van der Waals surface area contributed by atoms with E-state index in [1.54, 1.807) is 0 Å². The van der Waals surface area contributed by atoms with Gasteiger partial charge in [0.1, 0.15) is 11.1 Å². The van der Waals surface area contributed by atoms with Gasteiger partial charge in [0, 0.05) is 6.61 Å². The van der Waals surface area contributed by atoms with Gasteiger partial charge in [-0.2, -0.15) is 0 Å². The average Bonchev–Trinajstić information content (AvgIpc) is 2.99. The number of piperazine rings is 1. The van der Waals surface area contributed by atoms with Gasteiger partial charge in [0.15, 0.2) is 0 Å². The van der Waals surface area contributed by atoms with Crippen LogP contribution in [0.5, 0.6) is 0 Å². The molecule has 1 unspecified atom stereocenters. The summed E-state index contributed by atoms with van der Waals surface area (Å²) in [4.78, 5) is 27.2. The molecule has 0 radical (unpaired) electrons. The molecule has 2 heterocycles. The first kappa shape index (κ1) is 12.9. The molecule has 0 aromatic heterocycles. The molecule has 0 aromatic rings. The van der Waals surface area contributed by atoms with E-state index in [9.17, 15) is 9.59 Å². The van der Waals surface area contributed by atoms with Crippen LogP contribution in [-0.2, 0) is 14.3 Å². The predicted octanol–water partition coefficient (Wildman–Crippen LogP) is 0.825. The van der Waals surface area contributed by atoms with Crippen LogP contribution in [0.4, 0.5) is 0 Å². The molecule has 1 atom stereocenters. The Morgan fingerprint density at radius 3 is 2.53 bits per heavy atom. The van der Waals surface area contributed by atoms with Gasteiger partial charge >= 0.3 is 0 Å². The van der Waals surface area contributed by atoms with Crippen molar-refractivity contribution in [2.24, 2.45) is 0 Å². The van der Waals surface area contributed by atoms with Gasteiger partial charge in [-0.25, -0.2) is 0 Å². The Morgan fingerprint density at radius 1 is 1.26 bits per heavy atom. The van der Waals surface area contributed by atoms with Crippen molar-refractivity contribution in [2.75, 3.05) is 13.2 Å². The van der Waals surface area contributed by atoms with Crippen LogP contribution in [0.15, 0.2) is 0 Å². The summed E-state index contributed by atoms with van der Waals surface area (Å²) in [5.41, 5.74) is -1.40. The number of nitrogens with one attached hydrogen (secondary N) is 1. The minimum atomic E-state index is -0.775. The molecule has 0 aromatic carbocycles. The van der Waals surface area contributed by atoms with E-state index in [0.717, 1.165) is 32.1 Å². The molecule has 3 fully saturated rings. The molecule has 5 nitrogen and oxygen atoms in total. The van der Waals surface area contributed by atoms with Crippen molar-refractivity contribution in [3.8, 4) is 0 Å². The number of hydrogen-bond acceptors (Lipinski definition) is 3. The van der Waals surface area contributed by atoms with Gasteiger partial charge in [0.05, 0.1) is 12.6 Å². The molecular formula is C14H22N2O3. The molecule has 5 heteroatoms. The standard InChI is InChI=1S/C14H22N2O3/c1-13(2)11(17)15-14(6-3-4-7-14)12(18)16(13)10-5-8-19-9-10/h10H,3-9H2,1-2H3,(H,15,17). The topological polar surface area (TPSA) is 58.6 Å². The third-order valence-corrected chi connectivity index (χ3v) is 4.87. The predicted molar refractivity (Wildman–Crippen MR) is 69.5 cm³/mol. The Kier molecular flexibility index (Phi) is 2.85. The second-order valence-electron chi connectivity index (χ2n) is 6.49. The maximum Gasteiger partial charge on any atom is 0.249 e. The van der Waals surface area contributed by atoms with Crippen LogP contribution in [0.1, 0.15) is 46.0 Å². The molecule has 3 rings (SSSR count). The highest BCUT2D eigenvalue weighted by Crippen LogP contribution is 2.39. The fraction of sp³-hybridized carbons (Fsp3) is 0.857. The highest BCUT2D eigenvalue weighted by atomic mass is 16.5. The van der Waals surface area contributed by atoms with Gasteiger partial charge in [-0.3, -0.25) is 9.59 Å². The highest BCUT2D eigenvalue weighted by molar-refractivity contribution is 6.02. The van der Waals surface area contributed by atoms with Crippen LogP contribution < -0.4 is 5.32 Å². The van der Waals surface area contributed by atoms with Crippen LogP contribution in [-0.4, -0.2) is 47.0 Å². The zero-order chi connectivity index (χ0) is 13.7. The van der Waals surface area contributed by atoms with Crippen molar-refractivity contribution < 1.29 is 14.3 Å². The Bertz CT molecular complexity index is 407. The van der Waals surface area contributed by atoms with Crippen molar-refractivity contribution in [2.45, 2.75) is 63.1 Å². The summed E-state index contributed by atoms with van der Waals surface area (Å²) in [7, 11) is 0. The van der Waals surface area contributed by atoms with E-state index in [-0.39, 0.29) is 17.9 Å². The number of ether oxygens (including phenoxy) is 1. The Morgan fingerprint density at radius 2 is 1.95 bits per heavy atom. The summed E-state index contributed by atoms with van der Waals surface area (Å²) in [5, 5.41) is 3.01. The van der Waals surface area contributed by atoms with Crippen molar-refractivity contribution >= 4 is 11.8 Å². The van der Waals surface area contributed by atoms with Crippen molar-refractivity contribution in [1.82, 2.24) is 10.2 Å². The van der Waals surface area contributed by atoms with E-state index in [4.69, 9.17) is 4.74 Å². The summed E-state index contributed by atoms with van der Waals surface area (Å²) >= 11 is 0. The maximum atomic E-state index is 13.0. The third kappa shape index (κ3) is 1.78. The first-order chi connectivity index (χ1) is 8.97. The van der Waals surface area contributed by atoms with E-state index in [1.165, 1.54) is 0 Å². The molecule has 1 aliphatic carbocycles. The summed E-state index contributed by atoms with van der Waals surface area (Å²) in [6, 6.07) is 0.0472. The Balaban J connectivity index is 1.96. The zero-order valence-corrected chi connectivity index (χ0v) is 11.7. The van der Waals surface area contributed by atoms with Crippen LogP contribution in [0, 0.1) is 0 Å². The minimum absolute atomic E-state index is 0.0269. The van der Waals surface area contributed by atoms with E-state index >= 15 is 0 Å². The normalized spacial score (nSPS) is 32.9. The molecule has 1 saturated carbocycles. The first-order valence-corrected chi connectivity index (χ1v) is 7.21. The third-order valence-electron chi connectivity index (χ3n) is 4.87. The summed E-state index contributed by atoms with van der Waals surface area (Å²) in [6.07, 6.45) is 4.41. The maximum absolute atomic E-state index is 13.0. The van der Waals surface area contributed by atoms with Gasteiger partial charge in [-0.15, -0.1) is 0 Å². The van der Waals surface area contributed by atoms with Gasteiger partial charge in [0.25, 0.3) is 0 Å². The highest BCUT2D eigenvalue weighted by Gasteiger charge is 2.57. The second-order valence-corrected chi connectivity index (χ2v) is 6.49. The number of hydrogen-bond donors (Lipinski definition) is 1. The lowest BCUT2D eigenvalue weighted by atomic mass is 9.84. The smallest absolute Gasteiger partial charge is 0.249 e. The fourth-order valence-electron chi connectivity index (χ4n) is 3.68. The molecule has 0 bridgehead atoms. The summed E-state index contributed by atoms with van der Waals surface area (Å²) in [5.74, 6) is 0.0750. The summed E-state index contributed by atoms with van der Waals surface area (Å²) < 4.78 is 5.41. The zero-order valence-electron chi connectivity index (χ0n) is 11.7. The van der Waals surface area contributed by atoms with Crippen LogP contribution in [0.2, 0.25) is 0 Å². The van der Waals surface area contributed by atoms with Crippen molar-refractivity contribution in [3.05, 3.63) is 0 Å². The van der Waals surface area contributed by atoms with Gasteiger partial charge in [-0.05, 0) is 33.1 Å². The SMILES string of the molecule is CC1(C)C(=O)NC2(CCCC2)C(=O)N1C1CCOC1. The average molecular weight is 266 g/mol. The monoisotopic (exact) mass is 266 g/mol. The molecule has 1 spiro atoms. The Labute approximate surface area is 113 Å². The molecule has 2 saturated heterocycles. The molecular weight excluding hydrogens is 244 g/mol. The molecule has 106 valence electrons. The van der Waals surface area contributed by atoms with E-state index < -0.39 is 11.1 Å². The molecule has 2 amide bonds. The van der Waals surface area contributed by atoms with E-state index in [0.29, 0.717) is 13.2 Å². The van der Waals surface area contributed by atoms with Gasteiger partial charge in [0.2, 0.25) is 11.8 Å². The second kappa shape index (κ2) is 4.20. The lowest BCUT2D eigenvalue weighted by Crippen LogP contribution is -2.75. The number of amides is 2. The van der Waals surface area contributed by atoms with Crippen molar-refractivity contribution in [3.63, 3.8) is 0 Å². The van der Waals surface area contributed by atoms with Crippen molar-refractivity contribution in [1.29, 1.82) is 0 Å². The van der Waals surface area contributed by atoms with Crippen LogP contribution >= 0.6 is 0 Å². The minimum Gasteiger partial charge on any atom is -0.379 e.